The number of nitrogens with two attached hydrogens (primary N) is 1. The fourth-order valence-corrected chi connectivity index (χ4v) is 1.94. The molecule has 2 rings (SSSR count). The molecule has 1 heterocycles. The number of hydrogen-bond acceptors (Lipinski definition) is 3. The van der Waals surface area contributed by atoms with Gasteiger partial charge in [-0.15, -0.1) is 4.39 Å². The maximum Gasteiger partial charge on any atom is 0.372 e. The molecule has 0 spiro atoms. The molecule has 1 aromatic rings. The van der Waals surface area contributed by atoms with Gasteiger partial charge >= 0.3 is 6.15 Å². The van der Waals surface area contributed by atoms with E-state index in [-0.39, 0.29) is 12.5 Å². The van der Waals surface area contributed by atoms with Gasteiger partial charge in [0, 0.05) is 17.2 Å². The maximum atomic E-state index is 13.8. The molecule has 1 aromatic carbocycles. The second kappa shape index (κ2) is 3.98. The summed E-state index contributed by atoms with van der Waals surface area (Å²) in [5.74, 6) is -0.578. The number of benzene rings is 1. The molecular formula is C12H14F2N2O. The standard InChI is InChI=1S/C12H14F2N2O/c1-7-6-17-11(14)16-12(7,2)9-5-8(15)3-4-10(9)13/h3-5,7H,6,15H2,1-2H3/t7-,12+/m0/s1. The molecule has 0 bridgehead atoms. The van der Waals surface area contributed by atoms with Gasteiger partial charge in [-0.05, 0) is 25.1 Å². The van der Waals surface area contributed by atoms with Gasteiger partial charge in [-0.25, -0.2) is 9.38 Å². The van der Waals surface area contributed by atoms with E-state index in [1.807, 2.05) is 6.92 Å². The SMILES string of the molecule is C[C@H]1COC(F)=N[C@@]1(C)c1cc(N)ccc1F. The van der Waals surface area contributed by atoms with Crippen molar-refractivity contribution >= 4 is 11.8 Å². The molecule has 0 saturated heterocycles. The van der Waals surface area contributed by atoms with Gasteiger partial charge in [-0.1, -0.05) is 6.92 Å². The van der Waals surface area contributed by atoms with Gasteiger partial charge in [0.2, 0.25) is 0 Å². The van der Waals surface area contributed by atoms with Crippen LogP contribution in [0.3, 0.4) is 0 Å². The molecule has 2 atom stereocenters. The van der Waals surface area contributed by atoms with Gasteiger partial charge in [0.15, 0.2) is 0 Å². The van der Waals surface area contributed by atoms with Crippen molar-refractivity contribution in [2.45, 2.75) is 19.4 Å². The van der Waals surface area contributed by atoms with E-state index in [0.717, 1.165) is 0 Å². The Balaban J connectivity index is 2.56. The van der Waals surface area contributed by atoms with Gasteiger partial charge in [0.1, 0.15) is 5.82 Å². The van der Waals surface area contributed by atoms with Crippen LogP contribution in [0.5, 0.6) is 0 Å². The van der Waals surface area contributed by atoms with Crippen LogP contribution < -0.4 is 5.73 Å². The van der Waals surface area contributed by atoms with E-state index >= 15 is 0 Å². The van der Waals surface area contributed by atoms with Crippen LogP contribution in [0.25, 0.3) is 0 Å². The van der Waals surface area contributed by atoms with E-state index < -0.39 is 17.5 Å². The predicted molar refractivity (Wildman–Crippen MR) is 61.8 cm³/mol. The van der Waals surface area contributed by atoms with Gasteiger partial charge in [-0.3, -0.25) is 0 Å². The molecule has 0 unspecified atom stereocenters. The number of hydrogen-bond donors (Lipinski definition) is 1. The monoisotopic (exact) mass is 240 g/mol. The highest BCUT2D eigenvalue weighted by atomic mass is 19.1. The van der Waals surface area contributed by atoms with E-state index in [1.54, 1.807) is 6.92 Å². The molecule has 17 heavy (non-hydrogen) atoms. The van der Waals surface area contributed by atoms with Gasteiger partial charge in [-0.2, -0.15) is 0 Å². The Kier molecular flexibility index (Phi) is 2.77. The van der Waals surface area contributed by atoms with Gasteiger partial charge in [0.05, 0.1) is 12.1 Å². The summed E-state index contributed by atoms with van der Waals surface area (Å²) >= 11 is 0. The molecule has 3 nitrogen and oxygen atoms in total. The van der Waals surface area contributed by atoms with Crippen molar-refractivity contribution in [1.29, 1.82) is 0 Å². The highest BCUT2D eigenvalue weighted by Gasteiger charge is 2.39. The zero-order valence-corrected chi connectivity index (χ0v) is 9.71. The minimum atomic E-state index is -0.984. The number of halogens is 2. The third-order valence-corrected chi connectivity index (χ3v) is 3.27. The van der Waals surface area contributed by atoms with E-state index in [9.17, 15) is 8.78 Å². The highest BCUT2D eigenvalue weighted by molar-refractivity contribution is 5.67. The topological polar surface area (TPSA) is 47.6 Å². The summed E-state index contributed by atoms with van der Waals surface area (Å²) in [4.78, 5) is 3.80. The number of anilines is 1. The minimum absolute atomic E-state index is 0.140. The van der Waals surface area contributed by atoms with Crippen LogP contribution in [0.2, 0.25) is 0 Å². The zero-order valence-electron chi connectivity index (χ0n) is 9.71. The van der Waals surface area contributed by atoms with E-state index in [2.05, 4.69) is 4.99 Å². The Morgan fingerprint density at radius 1 is 1.47 bits per heavy atom. The van der Waals surface area contributed by atoms with Crippen molar-refractivity contribution in [2.24, 2.45) is 10.9 Å². The number of nitrogens with zero attached hydrogens (tertiary/aromatic N) is 1. The maximum absolute atomic E-state index is 13.8. The summed E-state index contributed by atoms with van der Waals surface area (Å²) in [5, 5.41) is 0. The molecule has 2 N–H and O–H groups in total. The van der Waals surface area contributed by atoms with Crippen LogP contribution in [0.15, 0.2) is 23.2 Å². The molecule has 0 aliphatic carbocycles. The van der Waals surface area contributed by atoms with Crippen molar-refractivity contribution < 1.29 is 13.5 Å². The van der Waals surface area contributed by atoms with Crippen LogP contribution >= 0.6 is 0 Å². The quantitative estimate of drug-likeness (QED) is 0.767. The van der Waals surface area contributed by atoms with Crippen molar-refractivity contribution in [2.75, 3.05) is 12.3 Å². The lowest BCUT2D eigenvalue weighted by molar-refractivity contribution is 0.128. The Morgan fingerprint density at radius 3 is 2.88 bits per heavy atom. The van der Waals surface area contributed by atoms with Crippen LogP contribution in [0.1, 0.15) is 19.4 Å². The first-order valence-electron chi connectivity index (χ1n) is 5.37. The predicted octanol–water partition coefficient (Wildman–Crippen LogP) is 2.61. The van der Waals surface area contributed by atoms with Crippen molar-refractivity contribution in [3.05, 3.63) is 29.6 Å². The van der Waals surface area contributed by atoms with Crippen LogP contribution in [-0.2, 0) is 10.3 Å². The average Bonchev–Trinajstić information content (AvgIpc) is 2.27. The molecule has 0 amide bonds. The Morgan fingerprint density at radius 2 is 2.18 bits per heavy atom. The highest BCUT2D eigenvalue weighted by Crippen LogP contribution is 2.38. The lowest BCUT2D eigenvalue weighted by atomic mass is 9.80. The Labute approximate surface area is 98.3 Å². The number of aliphatic imine (C=N–C) groups is 1. The third kappa shape index (κ3) is 1.97. The fraction of sp³-hybridized carbons (Fsp3) is 0.417. The fourth-order valence-electron chi connectivity index (χ4n) is 1.94. The minimum Gasteiger partial charge on any atom is -0.456 e. The van der Waals surface area contributed by atoms with Crippen molar-refractivity contribution in [3.8, 4) is 0 Å². The van der Waals surface area contributed by atoms with Gasteiger partial charge < -0.3 is 10.5 Å². The summed E-state index contributed by atoms with van der Waals surface area (Å²) in [6.07, 6.45) is -0.910. The summed E-state index contributed by atoms with van der Waals surface area (Å²) in [6, 6.07) is 4.23. The number of nitrogen functional groups attached to an aromatic ring is 1. The molecule has 5 heteroatoms. The lowest BCUT2D eigenvalue weighted by Gasteiger charge is -2.35. The summed E-state index contributed by atoms with van der Waals surface area (Å²) < 4.78 is 31.7. The number of ether oxygens (including phenoxy) is 1. The largest absolute Gasteiger partial charge is 0.456 e. The van der Waals surface area contributed by atoms with E-state index in [0.29, 0.717) is 11.3 Å². The summed E-state index contributed by atoms with van der Waals surface area (Å²) in [5.41, 5.74) is 5.37. The molecule has 1 aliphatic heterocycles. The second-order valence-electron chi connectivity index (χ2n) is 4.46. The second-order valence-corrected chi connectivity index (χ2v) is 4.46. The molecule has 92 valence electrons. The Bertz CT molecular complexity index is 476. The molecular weight excluding hydrogens is 226 g/mol. The number of rotatable bonds is 1. The Hall–Kier alpha value is -1.65. The molecule has 0 saturated carbocycles. The first-order valence-corrected chi connectivity index (χ1v) is 5.37. The van der Waals surface area contributed by atoms with Crippen molar-refractivity contribution in [3.63, 3.8) is 0 Å². The first-order chi connectivity index (χ1) is 7.93. The summed E-state index contributed by atoms with van der Waals surface area (Å²) in [7, 11) is 0. The van der Waals surface area contributed by atoms with Gasteiger partial charge in [0.25, 0.3) is 0 Å². The molecule has 0 radical (unpaired) electrons. The summed E-state index contributed by atoms with van der Waals surface area (Å²) in [6.45, 7) is 3.68. The van der Waals surface area contributed by atoms with Crippen LogP contribution in [-0.4, -0.2) is 12.8 Å². The average molecular weight is 240 g/mol. The third-order valence-electron chi connectivity index (χ3n) is 3.27. The molecule has 0 fully saturated rings. The smallest absolute Gasteiger partial charge is 0.372 e. The molecule has 0 aromatic heterocycles. The first kappa shape index (κ1) is 11.8. The van der Waals surface area contributed by atoms with Crippen LogP contribution in [0.4, 0.5) is 14.5 Å². The zero-order chi connectivity index (χ0) is 12.6. The molecule has 1 aliphatic rings. The van der Waals surface area contributed by atoms with Crippen molar-refractivity contribution in [1.82, 2.24) is 0 Å². The van der Waals surface area contributed by atoms with E-state index in [1.165, 1.54) is 18.2 Å². The normalized spacial score (nSPS) is 28.5. The van der Waals surface area contributed by atoms with E-state index in [4.69, 9.17) is 10.5 Å². The van der Waals surface area contributed by atoms with Crippen LogP contribution in [0, 0.1) is 11.7 Å². The lowest BCUT2D eigenvalue weighted by Crippen LogP contribution is -2.37.